The van der Waals surface area contributed by atoms with Gasteiger partial charge in [0.2, 0.25) is 0 Å². The number of aromatic nitrogens is 2. The molecule has 2 aromatic heterocycles. The van der Waals surface area contributed by atoms with E-state index in [-0.39, 0.29) is 11.7 Å². The lowest BCUT2D eigenvalue weighted by Crippen LogP contribution is -2.36. The van der Waals surface area contributed by atoms with Crippen LogP contribution in [0.3, 0.4) is 0 Å². The number of fused-ring (bicyclic) bond motifs is 1. The van der Waals surface area contributed by atoms with E-state index in [0.29, 0.717) is 18.8 Å². The van der Waals surface area contributed by atoms with E-state index >= 15 is 0 Å². The third kappa shape index (κ3) is 3.20. The molecule has 1 saturated heterocycles. The number of hydrogen-bond donors (Lipinski definition) is 2. The van der Waals surface area contributed by atoms with Crippen LogP contribution in [0.15, 0.2) is 36.5 Å². The first kappa shape index (κ1) is 17.3. The predicted octanol–water partition coefficient (Wildman–Crippen LogP) is 4.24. The molecule has 7 heteroatoms. The molecule has 0 saturated carbocycles. The highest BCUT2D eigenvalue weighted by atomic mass is 19.1. The number of halogens is 1. The molecule has 2 N–H and O–H groups in total. The highest BCUT2D eigenvalue weighted by molar-refractivity contribution is 5.95. The van der Waals surface area contributed by atoms with Gasteiger partial charge in [-0.2, -0.15) is 0 Å². The number of amides is 1. The predicted molar refractivity (Wildman–Crippen MR) is 99.6 cm³/mol. The number of piperidine rings is 1. The van der Waals surface area contributed by atoms with Crippen LogP contribution in [-0.2, 0) is 0 Å². The first-order chi connectivity index (χ1) is 13.1. The molecule has 0 spiro atoms. The zero-order valence-electron chi connectivity index (χ0n) is 14.9. The van der Waals surface area contributed by atoms with E-state index in [2.05, 4.69) is 16.0 Å². The van der Waals surface area contributed by atoms with Gasteiger partial charge in [-0.15, -0.1) is 0 Å². The second-order valence-electron chi connectivity index (χ2n) is 6.73. The highest BCUT2D eigenvalue weighted by Crippen LogP contribution is 2.37. The van der Waals surface area contributed by atoms with Crippen LogP contribution in [-0.4, -0.2) is 46.3 Å². The number of carbonyl (C=O) groups is 1. The van der Waals surface area contributed by atoms with E-state index in [1.807, 2.05) is 6.07 Å². The summed E-state index contributed by atoms with van der Waals surface area (Å²) >= 11 is 0. The summed E-state index contributed by atoms with van der Waals surface area (Å²) in [6.45, 7) is 1.06. The Morgan fingerprint density at radius 3 is 2.74 bits per heavy atom. The maximum Gasteiger partial charge on any atom is 0.407 e. The minimum absolute atomic E-state index is 0.262. The van der Waals surface area contributed by atoms with Crippen molar-refractivity contribution >= 4 is 17.1 Å². The largest absolute Gasteiger partial charge is 0.496 e. The molecule has 1 aliphatic heterocycles. The van der Waals surface area contributed by atoms with Gasteiger partial charge in [0.15, 0.2) is 0 Å². The van der Waals surface area contributed by atoms with Gasteiger partial charge < -0.3 is 19.7 Å². The van der Waals surface area contributed by atoms with Crippen LogP contribution in [0.25, 0.3) is 22.2 Å². The number of rotatable bonds is 3. The normalized spacial score (nSPS) is 15.3. The molecule has 140 valence electrons. The lowest BCUT2D eigenvalue weighted by atomic mass is 9.93. The standard InChI is InChI=1S/C20H20FN3O3/c1-27-18-10-13(21)2-3-15(18)14-4-7-22-19-16(14)11-17(23-19)12-5-8-24(9-6-12)20(25)26/h2-4,7,10-12H,5-6,8-9H2,1H3,(H,22,23)(H,25,26). The minimum atomic E-state index is -0.863. The summed E-state index contributed by atoms with van der Waals surface area (Å²) < 4.78 is 18.9. The number of likely N-dealkylation sites (tertiary alicyclic amines) is 1. The fraction of sp³-hybridized carbons (Fsp3) is 0.300. The number of H-pyrrole nitrogens is 1. The fourth-order valence-electron chi connectivity index (χ4n) is 3.77. The summed E-state index contributed by atoms with van der Waals surface area (Å²) in [6, 6.07) is 8.46. The minimum Gasteiger partial charge on any atom is -0.496 e. The van der Waals surface area contributed by atoms with Gasteiger partial charge in [0.05, 0.1) is 7.11 Å². The topological polar surface area (TPSA) is 78.5 Å². The highest BCUT2D eigenvalue weighted by Gasteiger charge is 2.25. The first-order valence-electron chi connectivity index (χ1n) is 8.86. The van der Waals surface area contributed by atoms with Crippen LogP contribution in [0.4, 0.5) is 9.18 Å². The Morgan fingerprint density at radius 1 is 1.26 bits per heavy atom. The molecule has 6 nitrogen and oxygen atoms in total. The van der Waals surface area contributed by atoms with Gasteiger partial charge in [0.1, 0.15) is 17.2 Å². The van der Waals surface area contributed by atoms with Crippen molar-refractivity contribution in [2.75, 3.05) is 20.2 Å². The Morgan fingerprint density at radius 2 is 2.04 bits per heavy atom. The number of carboxylic acid groups (broad SMARTS) is 1. The van der Waals surface area contributed by atoms with Gasteiger partial charge in [0, 0.05) is 47.9 Å². The van der Waals surface area contributed by atoms with Gasteiger partial charge in [0.25, 0.3) is 0 Å². The SMILES string of the molecule is COc1cc(F)ccc1-c1ccnc2[nH]c(C3CCN(C(=O)O)CC3)cc12. The summed E-state index contributed by atoms with van der Waals surface area (Å²) in [4.78, 5) is 20.3. The third-order valence-corrected chi connectivity index (χ3v) is 5.21. The molecule has 1 fully saturated rings. The molecule has 0 aliphatic carbocycles. The van der Waals surface area contributed by atoms with Gasteiger partial charge in [-0.1, -0.05) is 0 Å². The molecule has 1 aromatic carbocycles. The van der Waals surface area contributed by atoms with E-state index in [0.717, 1.165) is 40.7 Å². The Hall–Kier alpha value is -3.09. The quantitative estimate of drug-likeness (QED) is 0.724. The van der Waals surface area contributed by atoms with E-state index in [1.165, 1.54) is 24.1 Å². The van der Waals surface area contributed by atoms with Crippen LogP contribution in [0, 0.1) is 5.82 Å². The Balaban J connectivity index is 1.70. The molecule has 0 bridgehead atoms. The maximum atomic E-state index is 13.6. The van der Waals surface area contributed by atoms with Crippen molar-refractivity contribution in [3.8, 4) is 16.9 Å². The fourth-order valence-corrected chi connectivity index (χ4v) is 3.77. The third-order valence-electron chi connectivity index (χ3n) is 5.21. The average molecular weight is 369 g/mol. The Labute approximate surface area is 155 Å². The first-order valence-corrected chi connectivity index (χ1v) is 8.86. The number of nitrogens with zero attached hydrogens (tertiary/aromatic N) is 2. The summed E-state index contributed by atoms with van der Waals surface area (Å²) in [5, 5.41) is 10.1. The number of benzene rings is 1. The van der Waals surface area contributed by atoms with Gasteiger partial charge >= 0.3 is 6.09 Å². The number of ether oxygens (including phenoxy) is 1. The lowest BCUT2D eigenvalue weighted by molar-refractivity contribution is 0.132. The van der Waals surface area contributed by atoms with Gasteiger partial charge in [-0.3, -0.25) is 0 Å². The van der Waals surface area contributed by atoms with Crippen LogP contribution in [0.5, 0.6) is 5.75 Å². The van der Waals surface area contributed by atoms with Crippen LogP contribution in [0.1, 0.15) is 24.5 Å². The molecule has 3 aromatic rings. The smallest absolute Gasteiger partial charge is 0.407 e. The molecule has 27 heavy (non-hydrogen) atoms. The molecule has 0 unspecified atom stereocenters. The van der Waals surface area contributed by atoms with Crippen LogP contribution < -0.4 is 4.74 Å². The molecule has 1 aliphatic rings. The lowest BCUT2D eigenvalue weighted by Gasteiger charge is -2.29. The number of nitrogens with one attached hydrogen (secondary N) is 1. The zero-order chi connectivity index (χ0) is 19.0. The maximum absolute atomic E-state index is 13.6. The number of methoxy groups -OCH3 is 1. The molecule has 4 rings (SSSR count). The average Bonchev–Trinajstić information content (AvgIpc) is 3.12. The van der Waals surface area contributed by atoms with Crippen molar-refractivity contribution < 1.29 is 19.0 Å². The summed E-state index contributed by atoms with van der Waals surface area (Å²) in [5.74, 6) is 0.388. The number of hydrogen-bond acceptors (Lipinski definition) is 3. The van der Waals surface area contributed by atoms with Crippen LogP contribution >= 0.6 is 0 Å². The molecule has 1 amide bonds. The van der Waals surface area contributed by atoms with Gasteiger partial charge in [-0.05, 0) is 42.7 Å². The van der Waals surface area contributed by atoms with Crippen molar-refractivity contribution in [3.05, 3.63) is 48.0 Å². The molecule has 0 radical (unpaired) electrons. The molecule has 3 heterocycles. The second-order valence-corrected chi connectivity index (χ2v) is 6.73. The summed E-state index contributed by atoms with van der Waals surface area (Å²) in [6.07, 6.45) is 2.40. The number of pyridine rings is 1. The second kappa shape index (κ2) is 6.90. The van der Waals surface area contributed by atoms with Crippen LogP contribution in [0.2, 0.25) is 0 Å². The van der Waals surface area contributed by atoms with Crippen molar-refractivity contribution in [1.29, 1.82) is 0 Å². The monoisotopic (exact) mass is 369 g/mol. The summed E-state index contributed by atoms with van der Waals surface area (Å²) in [5.41, 5.74) is 3.53. The van der Waals surface area contributed by atoms with Crippen molar-refractivity contribution in [2.45, 2.75) is 18.8 Å². The summed E-state index contributed by atoms with van der Waals surface area (Å²) in [7, 11) is 1.52. The van der Waals surface area contributed by atoms with E-state index in [1.54, 1.807) is 12.3 Å². The Bertz CT molecular complexity index is 993. The van der Waals surface area contributed by atoms with E-state index in [4.69, 9.17) is 9.84 Å². The van der Waals surface area contributed by atoms with Crippen molar-refractivity contribution in [3.63, 3.8) is 0 Å². The van der Waals surface area contributed by atoms with E-state index < -0.39 is 6.09 Å². The molecular weight excluding hydrogens is 349 g/mol. The van der Waals surface area contributed by atoms with Crippen molar-refractivity contribution in [1.82, 2.24) is 14.9 Å². The van der Waals surface area contributed by atoms with Gasteiger partial charge in [-0.25, -0.2) is 14.2 Å². The number of aromatic amines is 1. The Kier molecular flexibility index (Phi) is 4.43. The molecular formula is C20H20FN3O3. The van der Waals surface area contributed by atoms with E-state index in [9.17, 15) is 9.18 Å². The zero-order valence-corrected chi connectivity index (χ0v) is 14.9. The van der Waals surface area contributed by atoms with Crippen molar-refractivity contribution in [2.24, 2.45) is 0 Å². The molecule has 0 atom stereocenters.